The standard InChI is InChI=1S/C29H30N6O6S/c1-18(2)20-8-11-25(31-16-20)42(37,38)35-28-26(41-23-7-5-4-6-22(23)39-3)29(40-17-21-9-10-24(36)32-21)34-27(33-28)19-12-14-30-15-13-19/h4-8,11-16,18,21H,9-10,17H2,1-3H3,(H,32,36)(H,33,34,35)/t21-/m1/s1. The Morgan fingerprint density at radius 2 is 1.81 bits per heavy atom. The van der Waals surface area contributed by atoms with Crippen LogP contribution in [0.5, 0.6) is 23.1 Å². The fourth-order valence-electron chi connectivity index (χ4n) is 4.19. The molecule has 1 saturated heterocycles. The maximum Gasteiger partial charge on any atom is 0.280 e. The van der Waals surface area contributed by atoms with Crippen molar-refractivity contribution in [3.63, 3.8) is 0 Å². The molecule has 1 atom stereocenters. The first-order chi connectivity index (χ1) is 20.2. The van der Waals surface area contributed by atoms with Crippen LogP contribution in [0.25, 0.3) is 11.4 Å². The minimum absolute atomic E-state index is 0.0373. The molecular formula is C29H30N6O6S. The maximum atomic E-state index is 13.6. The number of amides is 1. The lowest BCUT2D eigenvalue weighted by Crippen LogP contribution is -2.31. The van der Waals surface area contributed by atoms with Gasteiger partial charge in [0.1, 0.15) is 6.61 Å². The summed E-state index contributed by atoms with van der Waals surface area (Å²) >= 11 is 0. The summed E-state index contributed by atoms with van der Waals surface area (Å²) in [6, 6.07) is 13.1. The summed E-state index contributed by atoms with van der Waals surface area (Å²) in [7, 11) is -2.74. The molecule has 2 N–H and O–H groups in total. The van der Waals surface area contributed by atoms with Crippen molar-refractivity contribution in [3.8, 4) is 34.5 Å². The molecule has 1 amide bonds. The average Bonchev–Trinajstić information content (AvgIpc) is 3.42. The number of rotatable bonds is 11. The van der Waals surface area contributed by atoms with E-state index >= 15 is 0 Å². The van der Waals surface area contributed by atoms with Crippen LogP contribution in [0.2, 0.25) is 0 Å². The van der Waals surface area contributed by atoms with Gasteiger partial charge in [0.15, 0.2) is 28.2 Å². The van der Waals surface area contributed by atoms with Crippen molar-refractivity contribution in [1.82, 2.24) is 25.3 Å². The number of benzene rings is 1. The molecule has 13 heteroatoms. The van der Waals surface area contributed by atoms with E-state index < -0.39 is 10.0 Å². The van der Waals surface area contributed by atoms with Gasteiger partial charge in [0.2, 0.25) is 11.7 Å². The number of carbonyl (C=O) groups excluding carboxylic acids is 1. The third-order valence-corrected chi connectivity index (χ3v) is 7.75. The molecule has 1 fully saturated rings. The predicted molar refractivity (Wildman–Crippen MR) is 154 cm³/mol. The third-order valence-electron chi connectivity index (χ3n) is 6.49. The Balaban J connectivity index is 1.61. The van der Waals surface area contributed by atoms with Crippen molar-refractivity contribution < 1.29 is 27.4 Å². The van der Waals surface area contributed by atoms with E-state index in [1.54, 1.807) is 54.9 Å². The van der Waals surface area contributed by atoms with E-state index in [-0.39, 0.29) is 58.5 Å². The van der Waals surface area contributed by atoms with Gasteiger partial charge >= 0.3 is 0 Å². The van der Waals surface area contributed by atoms with Gasteiger partial charge in [-0.05, 0) is 48.2 Å². The summed E-state index contributed by atoms with van der Waals surface area (Å²) in [6.45, 7) is 4.06. The molecule has 0 radical (unpaired) electrons. The van der Waals surface area contributed by atoms with Gasteiger partial charge in [-0.1, -0.05) is 32.0 Å². The van der Waals surface area contributed by atoms with E-state index in [4.69, 9.17) is 14.2 Å². The molecule has 12 nitrogen and oxygen atoms in total. The molecular weight excluding hydrogens is 560 g/mol. The highest BCUT2D eigenvalue weighted by molar-refractivity contribution is 7.92. The van der Waals surface area contributed by atoms with Crippen molar-refractivity contribution in [2.45, 2.75) is 43.7 Å². The number of anilines is 1. The van der Waals surface area contributed by atoms with Gasteiger partial charge in [0.25, 0.3) is 15.9 Å². The Kier molecular flexibility index (Phi) is 8.48. The smallest absolute Gasteiger partial charge is 0.280 e. The van der Waals surface area contributed by atoms with Crippen LogP contribution in [-0.4, -0.2) is 54.0 Å². The van der Waals surface area contributed by atoms with Crippen LogP contribution in [-0.2, 0) is 14.8 Å². The second-order valence-corrected chi connectivity index (χ2v) is 11.5. The Hall–Kier alpha value is -4.78. The normalized spacial score (nSPS) is 14.9. The van der Waals surface area contributed by atoms with Crippen molar-refractivity contribution >= 4 is 21.7 Å². The number of nitrogens with one attached hydrogen (secondary N) is 2. The van der Waals surface area contributed by atoms with E-state index in [1.807, 2.05) is 13.8 Å². The summed E-state index contributed by atoms with van der Waals surface area (Å²) in [5, 5.41) is 2.65. The first-order valence-electron chi connectivity index (χ1n) is 13.3. The highest BCUT2D eigenvalue weighted by atomic mass is 32.2. The predicted octanol–water partition coefficient (Wildman–Crippen LogP) is 4.32. The molecule has 0 bridgehead atoms. The highest BCUT2D eigenvalue weighted by Crippen LogP contribution is 2.41. The first-order valence-corrected chi connectivity index (χ1v) is 14.8. The Morgan fingerprint density at radius 1 is 1.05 bits per heavy atom. The van der Waals surface area contributed by atoms with Crippen LogP contribution in [0.3, 0.4) is 0 Å². The number of carbonyl (C=O) groups is 1. The molecule has 42 heavy (non-hydrogen) atoms. The van der Waals surface area contributed by atoms with Crippen molar-refractivity contribution in [3.05, 3.63) is 72.7 Å². The fourth-order valence-corrected chi connectivity index (χ4v) is 5.12. The van der Waals surface area contributed by atoms with Gasteiger partial charge in [-0.2, -0.15) is 13.4 Å². The summed E-state index contributed by atoms with van der Waals surface area (Å²) in [5.41, 5.74) is 1.46. The SMILES string of the molecule is COc1ccccc1Oc1c(NS(=O)(=O)c2ccc(C(C)C)cn2)nc(-c2ccncc2)nc1OC[C@H]1CCC(=O)N1. The van der Waals surface area contributed by atoms with E-state index in [2.05, 4.69) is 30.0 Å². The number of nitrogens with zero attached hydrogens (tertiary/aromatic N) is 4. The quantitative estimate of drug-likeness (QED) is 0.258. The lowest BCUT2D eigenvalue weighted by atomic mass is 10.1. The van der Waals surface area contributed by atoms with Gasteiger partial charge in [0.05, 0.1) is 13.2 Å². The summed E-state index contributed by atoms with van der Waals surface area (Å²) < 4.78 is 47.4. The molecule has 0 spiro atoms. The molecule has 1 aliphatic rings. The van der Waals surface area contributed by atoms with E-state index in [0.29, 0.717) is 24.2 Å². The zero-order chi connectivity index (χ0) is 29.7. The fraction of sp³-hybridized carbons (Fsp3) is 0.276. The Bertz CT molecular complexity index is 1670. The maximum absolute atomic E-state index is 13.6. The van der Waals surface area contributed by atoms with Crippen LogP contribution in [0.1, 0.15) is 38.2 Å². The molecule has 0 aliphatic carbocycles. The molecule has 218 valence electrons. The number of sulfonamides is 1. The number of hydrogen-bond acceptors (Lipinski definition) is 10. The molecule has 0 saturated carbocycles. The molecule has 1 aromatic carbocycles. The van der Waals surface area contributed by atoms with E-state index in [1.165, 1.54) is 19.4 Å². The number of methoxy groups -OCH3 is 1. The number of aromatic nitrogens is 4. The number of ether oxygens (including phenoxy) is 3. The van der Waals surface area contributed by atoms with Crippen LogP contribution < -0.4 is 24.2 Å². The number of para-hydroxylation sites is 2. The van der Waals surface area contributed by atoms with Gasteiger partial charge in [-0.3, -0.25) is 14.5 Å². The zero-order valence-electron chi connectivity index (χ0n) is 23.3. The average molecular weight is 591 g/mol. The van der Waals surface area contributed by atoms with Crippen molar-refractivity contribution in [1.29, 1.82) is 0 Å². The Labute approximate surface area is 243 Å². The van der Waals surface area contributed by atoms with Gasteiger partial charge < -0.3 is 19.5 Å². The summed E-state index contributed by atoms with van der Waals surface area (Å²) in [4.78, 5) is 29.1. The van der Waals surface area contributed by atoms with Gasteiger partial charge in [-0.25, -0.2) is 9.97 Å². The van der Waals surface area contributed by atoms with Crippen molar-refractivity contribution in [2.24, 2.45) is 0 Å². The molecule has 3 aromatic heterocycles. The minimum Gasteiger partial charge on any atom is -0.493 e. The summed E-state index contributed by atoms with van der Waals surface area (Å²) in [5.74, 6) is 0.632. The number of pyridine rings is 2. The van der Waals surface area contributed by atoms with Gasteiger partial charge in [-0.15, -0.1) is 0 Å². The lowest BCUT2D eigenvalue weighted by Gasteiger charge is -2.19. The number of hydrogen-bond donors (Lipinski definition) is 2. The van der Waals surface area contributed by atoms with Crippen LogP contribution in [0.15, 0.2) is 72.1 Å². The second kappa shape index (κ2) is 12.4. The van der Waals surface area contributed by atoms with Gasteiger partial charge in [0, 0.05) is 30.6 Å². The molecule has 1 aliphatic heterocycles. The molecule has 4 heterocycles. The molecule has 5 rings (SSSR count). The highest BCUT2D eigenvalue weighted by Gasteiger charge is 2.28. The summed E-state index contributed by atoms with van der Waals surface area (Å²) in [6.07, 6.45) is 5.63. The monoisotopic (exact) mass is 590 g/mol. The first kappa shape index (κ1) is 28.7. The van der Waals surface area contributed by atoms with Crippen LogP contribution >= 0.6 is 0 Å². The van der Waals surface area contributed by atoms with Crippen molar-refractivity contribution in [2.75, 3.05) is 18.4 Å². The zero-order valence-corrected chi connectivity index (χ0v) is 24.1. The van der Waals surface area contributed by atoms with E-state index in [9.17, 15) is 13.2 Å². The third kappa shape index (κ3) is 6.57. The topological polar surface area (TPSA) is 155 Å². The molecule has 4 aromatic rings. The van der Waals surface area contributed by atoms with Crippen LogP contribution in [0.4, 0.5) is 5.82 Å². The largest absolute Gasteiger partial charge is 0.493 e. The Morgan fingerprint density at radius 3 is 2.45 bits per heavy atom. The lowest BCUT2D eigenvalue weighted by molar-refractivity contribution is -0.119. The molecule has 0 unspecified atom stereocenters. The second-order valence-electron chi connectivity index (χ2n) is 9.82. The van der Waals surface area contributed by atoms with E-state index in [0.717, 1.165) is 5.56 Å². The minimum atomic E-state index is -4.23. The van der Waals surface area contributed by atoms with Crippen LogP contribution in [0, 0.1) is 0 Å².